The quantitative estimate of drug-likeness (QED) is 0.333. The molecule has 40 heavy (non-hydrogen) atoms. The van der Waals surface area contributed by atoms with Crippen molar-refractivity contribution in [3.63, 3.8) is 0 Å². The largest absolute Gasteiger partial charge is 0.497 e. The van der Waals surface area contributed by atoms with Crippen LogP contribution >= 0.6 is 12.4 Å². The normalized spacial score (nSPS) is 15.7. The molecule has 2 aromatic carbocycles. The molecule has 1 fully saturated rings. The van der Waals surface area contributed by atoms with Crippen molar-refractivity contribution in [2.45, 2.75) is 59.2 Å². The summed E-state index contributed by atoms with van der Waals surface area (Å²) in [5.74, 6) is 1.58. The number of hydrogen-bond acceptors (Lipinski definition) is 7. The molecular formula is C30H40ClN7O2. The van der Waals surface area contributed by atoms with Crippen LogP contribution in [0.1, 0.15) is 61.3 Å². The predicted octanol–water partition coefficient (Wildman–Crippen LogP) is 4.61. The van der Waals surface area contributed by atoms with Gasteiger partial charge in [-0.3, -0.25) is 14.6 Å². The number of tetrazole rings is 1. The molecule has 1 aliphatic heterocycles. The van der Waals surface area contributed by atoms with Gasteiger partial charge in [-0.05, 0) is 85.3 Å². The van der Waals surface area contributed by atoms with E-state index in [1.807, 2.05) is 29.8 Å². The van der Waals surface area contributed by atoms with Crippen molar-refractivity contribution in [3.05, 3.63) is 80.9 Å². The van der Waals surface area contributed by atoms with E-state index in [2.05, 4.69) is 82.3 Å². The number of aryl methyl sites for hydroxylation is 2. The number of piperazine rings is 1. The number of methoxy groups -OCH3 is 1. The van der Waals surface area contributed by atoms with Crippen LogP contribution in [0.25, 0.3) is 10.9 Å². The molecule has 1 atom stereocenters. The minimum Gasteiger partial charge on any atom is -0.497 e. The average molecular weight is 566 g/mol. The molecule has 1 aliphatic rings. The zero-order valence-electron chi connectivity index (χ0n) is 24.3. The molecule has 10 heteroatoms. The Bertz CT molecular complexity index is 1520. The van der Waals surface area contributed by atoms with Crippen molar-refractivity contribution in [1.82, 2.24) is 35.0 Å². The molecule has 214 valence electrons. The zero-order chi connectivity index (χ0) is 27.7. The van der Waals surface area contributed by atoms with Gasteiger partial charge in [0.2, 0.25) is 0 Å². The van der Waals surface area contributed by atoms with Crippen LogP contribution < -0.4 is 10.3 Å². The molecule has 3 heterocycles. The highest BCUT2D eigenvalue weighted by molar-refractivity contribution is 5.85. The second kappa shape index (κ2) is 12.1. The summed E-state index contributed by atoms with van der Waals surface area (Å²) in [5.41, 5.74) is 4.63. The number of nitrogens with zero attached hydrogens (tertiary/aromatic N) is 6. The molecule has 0 spiro atoms. The topological polar surface area (TPSA) is 92.2 Å². The fraction of sp³-hybridized carbons (Fsp3) is 0.467. The third kappa shape index (κ3) is 5.92. The molecule has 4 aromatic rings. The van der Waals surface area contributed by atoms with E-state index in [1.165, 1.54) is 5.56 Å². The summed E-state index contributed by atoms with van der Waals surface area (Å²) in [6.45, 7) is 14.7. The third-order valence-corrected chi connectivity index (χ3v) is 8.11. The molecule has 0 amide bonds. The molecule has 9 nitrogen and oxygen atoms in total. The van der Waals surface area contributed by atoms with E-state index in [1.54, 1.807) is 7.11 Å². The van der Waals surface area contributed by atoms with Gasteiger partial charge in [0.25, 0.3) is 5.56 Å². The van der Waals surface area contributed by atoms with E-state index in [4.69, 9.17) is 4.74 Å². The molecule has 1 saturated heterocycles. The molecule has 5 rings (SSSR count). The van der Waals surface area contributed by atoms with E-state index in [0.717, 1.165) is 66.9 Å². The van der Waals surface area contributed by atoms with Gasteiger partial charge in [-0.2, -0.15) is 0 Å². The molecule has 0 aliphatic carbocycles. The summed E-state index contributed by atoms with van der Waals surface area (Å²) in [5, 5.41) is 14.0. The Morgan fingerprint density at radius 3 is 2.52 bits per heavy atom. The van der Waals surface area contributed by atoms with Gasteiger partial charge in [0.1, 0.15) is 11.8 Å². The van der Waals surface area contributed by atoms with Crippen LogP contribution in [0.15, 0.2) is 47.3 Å². The van der Waals surface area contributed by atoms with Crippen molar-refractivity contribution in [2.24, 2.45) is 0 Å². The van der Waals surface area contributed by atoms with Crippen LogP contribution in [0.4, 0.5) is 0 Å². The SMILES string of the molecule is CCC(C)(C)n1nnnc1C(c1cc2cc(C)cc(C)c2[nH]c1=O)N1CCN(Cc2cccc(OC)c2)CC1.Cl. The molecule has 1 N–H and O–H groups in total. The maximum Gasteiger partial charge on any atom is 0.253 e. The van der Waals surface area contributed by atoms with Crippen molar-refractivity contribution >= 4 is 23.3 Å². The van der Waals surface area contributed by atoms with Crippen molar-refractivity contribution in [2.75, 3.05) is 33.3 Å². The van der Waals surface area contributed by atoms with Gasteiger partial charge in [0.15, 0.2) is 5.82 Å². The van der Waals surface area contributed by atoms with Gasteiger partial charge in [0.05, 0.1) is 18.2 Å². The first kappa shape index (κ1) is 29.7. The van der Waals surface area contributed by atoms with Crippen molar-refractivity contribution in [3.8, 4) is 5.75 Å². The second-order valence-electron chi connectivity index (χ2n) is 11.3. The lowest BCUT2D eigenvalue weighted by Crippen LogP contribution is -2.49. The molecule has 0 saturated carbocycles. The van der Waals surface area contributed by atoms with Crippen LogP contribution in [0.3, 0.4) is 0 Å². The highest BCUT2D eigenvalue weighted by atomic mass is 35.5. The summed E-state index contributed by atoms with van der Waals surface area (Å²) in [7, 11) is 1.70. The Labute approximate surface area is 241 Å². The maximum absolute atomic E-state index is 13.7. The third-order valence-electron chi connectivity index (χ3n) is 8.11. The van der Waals surface area contributed by atoms with Crippen molar-refractivity contribution < 1.29 is 4.74 Å². The Morgan fingerprint density at radius 2 is 1.82 bits per heavy atom. The van der Waals surface area contributed by atoms with Gasteiger partial charge in [-0.1, -0.05) is 30.7 Å². The molecular weight excluding hydrogens is 526 g/mol. The fourth-order valence-electron chi connectivity index (χ4n) is 5.56. The first-order valence-corrected chi connectivity index (χ1v) is 13.7. The molecule has 0 bridgehead atoms. The summed E-state index contributed by atoms with van der Waals surface area (Å²) in [4.78, 5) is 21.6. The maximum atomic E-state index is 13.7. The molecule has 1 unspecified atom stereocenters. The zero-order valence-corrected chi connectivity index (χ0v) is 25.1. The van der Waals surface area contributed by atoms with Gasteiger partial charge in [0, 0.05) is 38.3 Å². The van der Waals surface area contributed by atoms with Crippen LogP contribution in [-0.2, 0) is 12.1 Å². The first-order valence-electron chi connectivity index (χ1n) is 13.7. The van der Waals surface area contributed by atoms with E-state index in [0.29, 0.717) is 11.4 Å². The van der Waals surface area contributed by atoms with Crippen LogP contribution in [0, 0.1) is 13.8 Å². The smallest absolute Gasteiger partial charge is 0.253 e. The van der Waals surface area contributed by atoms with Gasteiger partial charge >= 0.3 is 0 Å². The Kier molecular flexibility index (Phi) is 8.97. The molecule has 0 radical (unpaired) electrons. The number of aromatic nitrogens is 5. The summed E-state index contributed by atoms with van der Waals surface area (Å²) >= 11 is 0. The number of hydrogen-bond donors (Lipinski definition) is 1. The number of nitrogens with one attached hydrogen (secondary N) is 1. The number of ether oxygens (including phenoxy) is 1. The number of aromatic amines is 1. The average Bonchev–Trinajstić information content (AvgIpc) is 3.41. The lowest BCUT2D eigenvalue weighted by Gasteiger charge is -2.39. The minimum atomic E-state index is -0.362. The van der Waals surface area contributed by atoms with E-state index >= 15 is 0 Å². The standard InChI is InChI=1S/C30H39N7O2.ClH/c1-7-30(4,5)37-28(32-33-34-37)27(25-18-23-16-20(2)15-21(3)26(23)31-29(25)38)36-13-11-35(12-14-36)19-22-9-8-10-24(17-22)39-6;/h8-10,15-18,27H,7,11-14,19H2,1-6H3,(H,31,38);1H. The second-order valence-corrected chi connectivity index (χ2v) is 11.3. The number of pyridine rings is 1. The van der Waals surface area contributed by atoms with Crippen LogP contribution in [-0.4, -0.2) is 68.3 Å². The molecule has 2 aromatic heterocycles. The number of H-pyrrole nitrogens is 1. The Morgan fingerprint density at radius 1 is 1.07 bits per heavy atom. The first-order chi connectivity index (χ1) is 18.7. The predicted molar refractivity (Wildman–Crippen MR) is 160 cm³/mol. The van der Waals surface area contributed by atoms with E-state index < -0.39 is 0 Å². The van der Waals surface area contributed by atoms with Gasteiger partial charge < -0.3 is 9.72 Å². The number of rotatable bonds is 8. The van der Waals surface area contributed by atoms with Crippen LogP contribution in [0.5, 0.6) is 5.75 Å². The summed E-state index contributed by atoms with van der Waals surface area (Å²) < 4.78 is 7.31. The van der Waals surface area contributed by atoms with Gasteiger partial charge in [-0.25, -0.2) is 4.68 Å². The summed E-state index contributed by atoms with van der Waals surface area (Å²) in [6.07, 6.45) is 0.860. The summed E-state index contributed by atoms with van der Waals surface area (Å²) in [6, 6.07) is 14.1. The highest BCUT2D eigenvalue weighted by Gasteiger charge is 2.35. The van der Waals surface area contributed by atoms with E-state index in [9.17, 15) is 4.79 Å². The van der Waals surface area contributed by atoms with E-state index in [-0.39, 0.29) is 29.5 Å². The highest BCUT2D eigenvalue weighted by Crippen LogP contribution is 2.32. The van der Waals surface area contributed by atoms with Crippen molar-refractivity contribution in [1.29, 1.82) is 0 Å². The lowest BCUT2D eigenvalue weighted by atomic mass is 9.98. The Balaban J connectivity index is 0.00000370. The monoisotopic (exact) mass is 565 g/mol. The number of halogens is 1. The Hall–Kier alpha value is -3.27. The van der Waals surface area contributed by atoms with Gasteiger partial charge in [-0.15, -0.1) is 17.5 Å². The lowest BCUT2D eigenvalue weighted by molar-refractivity contribution is 0.0968. The number of fused-ring (bicyclic) bond motifs is 1. The fourth-order valence-corrected chi connectivity index (χ4v) is 5.56. The van der Waals surface area contributed by atoms with Crippen LogP contribution in [0.2, 0.25) is 0 Å². The minimum absolute atomic E-state index is 0. The number of benzene rings is 2.